The summed E-state index contributed by atoms with van der Waals surface area (Å²) in [6.45, 7) is 4.27. The molecule has 1 fully saturated rings. The van der Waals surface area contributed by atoms with Crippen LogP contribution < -0.4 is 10.6 Å². The van der Waals surface area contributed by atoms with Gasteiger partial charge in [0.2, 0.25) is 0 Å². The van der Waals surface area contributed by atoms with Crippen LogP contribution in [0, 0.1) is 5.41 Å². The fourth-order valence-electron chi connectivity index (χ4n) is 3.22. The van der Waals surface area contributed by atoms with Crippen molar-refractivity contribution in [2.45, 2.75) is 44.3 Å². The Morgan fingerprint density at radius 1 is 1.48 bits per heavy atom. The topological polar surface area (TPSA) is 66.0 Å². The van der Waals surface area contributed by atoms with Gasteiger partial charge >= 0.3 is 0 Å². The fraction of sp³-hybridized carbons (Fsp3) is 0.625. The second-order valence-corrected chi connectivity index (χ2v) is 7.34. The Bertz CT molecular complexity index is 543. The van der Waals surface area contributed by atoms with Crippen LogP contribution in [0.15, 0.2) is 6.07 Å². The van der Waals surface area contributed by atoms with Gasteiger partial charge in [-0.1, -0.05) is 6.92 Å². The third-order valence-electron chi connectivity index (χ3n) is 4.46. The van der Waals surface area contributed by atoms with Gasteiger partial charge in [-0.25, -0.2) is 4.98 Å². The smallest absolute Gasteiger partial charge is 0.139 e. The number of nitrogens with one attached hydrogen (secondary N) is 1. The number of hydrogen-bond donors (Lipinski definition) is 2. The quantitative estimate of drug-likeness (QED) is 0.665. The van der Waals surface area contributed by atoms with Gasteiger partial charge in [-0.2, -0.15) is 11.8 Å². The zero-order valence-corrected chi connectivity index (χ0v) is 13.5. The van der Waals surface area contributed by atoms with Crippen molar-refractivity contribution in [3.05, 3.63) is 22.9 Å². The highest BCUT2D eigenvalue weighted by Crippen LogP contribution is 2.30. The maximum absolute atomic E-state index is 7.91. The first-order valence-electron chi connectivity index (χ1n) is 7.92. The lowest BCUT2D eigenvalue weighted by atomic mass is 9.94. The summed E-state index contributed by atoms with van der Waals surface area (Å²) in [5, 5.41) is 8.58. The maximum atomic E-state index is 7.91. The molecule has 4 nitrogen and oxygen atoms in total. The molecule has 0 spiro atoms. The van der Waals surface area contributed by atoms with Crippen LogP contribution in [0.4, 0.5) is 5.82 Å². The van der Waals surface area contributed by atoms with Crippen LogP contribution in [0.3, 0.4) is 0 Å². The zero-order valence-electron chi connectivity index (χ0n) is 12.7. The molecule has 1 aromatic rings. The number of aryl methyl sites for hydroxylation is 2. The molecule has 1 unspecified atom stereocenters. The number of rotatable bonds is 3. The molecule has 5 heteroatoms. The monoisotopic (exact) mass is 304 g/mol. The standard InChI is InChI=1S/C16H24N4S/c1-2-12-10-20(7-8-21-12)16-13(15(17)18)9-11-5-3-4-6-14(11)19-16/h9,12H,2-8,10H2,1H3,(H3,17,18). The van der Waals surface area contributed by atoms with Gasteiger partial charge in [-0.15, -0.1) is 0 Å². The van der Waals surface area contributed by atoms with Gasteiger partial charge in [0.05, 0.1) is 5.56 Å². The number of nitrogens with zero attached hydrogens (tertiary/aromatic N) is 2. The summed E-state index contributed by atoms with van der Waals surface area (Å²) in [7, 11) is 0. The van der Waals surface area contributed by atoms with E-state index in [1.807, 2.05) is 0 Å². The van der Waals surface area contributed by atoms with E-state index in [1.54, 1.807) is 0 Å². The van der Waals surface area contributed by atoms with Gasteiger partial charge in [0.25, 0.3) is 0 Å². The minimum Gasteiger partial charge on any atom is -0.384 e. The largest absolute Gasteiger partial charge is 0.384 e. The van der Waals surface area contributed by atoms with E-state index in [9.17, 15) is 0 Å². The van der Waals surface area contributed by atoms with Gasteiger partial charge in [-0.3, -0.25) is 5.41 Å². The third kappa shape index (κ3) is 3.03. The van der Waals surface area contributed by atoms with Crippen molar-refractivity contribution < 1.29 is 0 Å². The Balaban J connectivity index is 1.97. The Morgan fingerprint density at radius 3 is 3.05 bits per heavy atom. The summed E-state index contributed by atoms with van der Waals surface area (Å²) < 4.78 is 0. The SMILES string of the molecule is CCC1CN(c2nc3c(cc2C(=N)N)CCCC3)CCS1. The number of anilines is 1. The molecule has 1 aromatic heterocycles. The van der Waals surface area contributed by atoms with Crippen LogP contribution in [0.25, 0.3) is 0 Å². The highest BCUT2D eigenvalue weighted by molar-refractivity contribution is 8.00. The zero-order chi connectivity index (χ0) is 14.8. The molecule has 0 saturated carbocycles. The van der Waals surface area contributed by atoms with Crippen LogP contribution in [0.2, 0.25) is 0 Å². The van der Waals surface area contributed by atoms with Crippen LogP contribution in [-0.4, -0.2) is 34.9 Å². The second kappa shape index (κ2) is 6.26. The van der Waals surface area contributed by atoms with Crippen molar-refractivity contribution in [3.63, 3.8) is 0 Å². The Morgan fingerprint density at radius 2 is 2.29 bits per heavy atom. The lowest BCUT2D eigenvalue weighted by Gasteiger charge is -2.34. The van der Waals surface area contributed by atoms with E-state index in [4.69, 9.17) is 16.1 Å². The van der Waals surface area contributed by atoms with Gasteiger partial charge in [-0.05, 0) is 43.7 Å². The summed E-state index contributed by atoms with van der Waals surface area (Å²) in [6.07, 6.45) is 5.79. The van der Waals surface area contributed by atoms with Crippen molar-refractivity contribution in [1.29, 1.82) is 5.41 Å². The Kier molecular flexibility index (Phi) is 4.38. The molecule has 3 N–H and O–H groups in total. The predicted octanol–water partition coefficient (Wildman–Crippen LogP) is 2.58. The fourth-order valence-corrected chi connectivity index (χ4v) is 4.40. The number of nitrogens with two attached hydrogens (primary N) is 1. The van der Waals surface area contributed by atoms with Crippen LogP contribution >= 0.6 is 11.8 Å². The summed E-state index contributed by atoms with van der Waals surface area (Å²) in [5.41, 5.74) is 9.19. The van der Waals surface area contributed by atoms with E-state index < -0.39 is 0 Å². The maximum Gasteiger partial charge on any atom is 0.139 e. The van der Waals surface area contributed by atoms with Crippen molar-refractivity contribution in [3.8, 4) is 0 Å². The highest BCUT2D eigenvalue weighted by Gasteiger charge is 2.25. The highest BCUT2D eigenvalue weighted by atomic mass is 32.2. The molecule has 2 aliphatic rings. The van der Waals surface area contributed by atoms with Gasteiger partial charge in [0.15, 0.2) is 0 Å². The molecular formula is C16H24N4S. The first kappa shape index (κ1) is 14.7. The summed E-state index contributed by atoms with van der Waals surface area (Å²) in [5.74, 6) is 2.23. The molecule has 2 heterocycles. The second-order valence-electron chi connectivity index (χ2n) is 5.93. The Hall–Kier alpha value is -1.23. The van der Waals surface area contributed by atoms with Crippen molar-refractivity contribution >= 4 is 23.4 Å². The van der Waals surface area contributed by atoms with Crippen LogP contribution in [-0.2, 0) is 12.8 Å². The van der Waals surface area contributed by atoms with Gasteiger partial charge in [0, 0.05) is 29.8 Å². The van der Waals surface area contributed by atoms with Crippen molar-refractivity contribution in [1.82, 2.24) is 4.98 Å². The van der Waals surface area contributed by atoms with E-state index in [-0.39, 0.29) is 5.84 Å². The average Bonchev–Trinajstić information content (AvgIpc) is 2.53. The van der Waals surface area contributed by atoms with E-state index >= 15 is 0 Å². The minimum absolute atomic E-state index is 0.150. The third-order valence-corrected chi connectivity index (χ3v) is 5.84. The number of fused-ring (bicyclic) bond motifs is 1. The lowest BCUT2D eigenvalue weighted by Crippen LogP contribution is -2.39. The van der Waals surface area contributed by atoms with E-state index in [0.29, 0.717) is 5.25 Å². The average molecular weight is 304 g/mol. The normalized spacial score (nSPS) is 22.0. The van der Waals surface area contributed by atoms with E-state index in [2.05, 4.69) is 29.7 Å². The van der Waals surface area contributed by atoms with Crippen LogP contribution in [0.5, 0.6) is 0 Å². The molecule has 1 aliphatic carbocycles. The number of amidine groups is 1. The summed E-state index contributed by atoms with van der Waals surface area (Å²) in [4.78, 5) is 7.27. The molecule has 3 rings (SSSR count). The van der Waals surface area contributed by atoms with Gasteiger partial charge in [0.1, 0.15) is 11.7 Å². The molecular weight excluding hydrogens is 280 g/mol. The van der Waals surface area contributed by atoms with E-state index in [1.165, 1.54) is 30.5 Å². The lowest BCUT2D eigenvalue weighted by molar-refractivity contribution is 0.660. The molecule has 0 bridgehead atoms. The molecule has 21 heavy (non-hydrogen) atoms. The molecule has 0 radical (unpaired) electrons. The van der Waals surface area contributed by atoms with Crippen molar-refractivity contribution in [2.24, 2.45) is 5.73 Å². The molecule has 1 saturated heterocycles. The molecule has 1 atom stereocenters. The van der Waals surface area contributed by atoms with E-state index in [0.717, 1.165) is 43.1 Å². The number of hydrogen-bond acceptors (Lipinski definition) is 4. The first-order valence-corrected chi connectivity index (χ1v) is 8.97. The minimum atomic E-state index is 0.150. The molecule has 0 amide bonds. The molecule has 0 aromatic carbocycles. The van der Waals surface area contributed by atoms with Crippen molar-refractivity contribution in [2.75, 3.05) is 23.7 Å². The van der Waals surface area contributed by atoms with Gasteiger partial charge < -0.3 is 10.6 Å². The van der Waals surface area contributed by atoms with Crippen LogP contribution in [0.1, 0.15) is 43.0 Å². The molecule has 114 valence electrons. The Labute approximate surface area is 131 Å². The number of aromatic nitrogens is 1. The first-order chi connectivity index (χ1) is 10.2. The number of thioether (sulfide) groups is 1. The summed E-state index contributed by atoms with van der Waals surface area (Å²) in [6, 6.07) is 2.13. The number of pyridine rings is 1. The number of nitrogen functional groups attached to an aromatic ring is 1. The molecule has 1 aliphatic heterocycles. The summed E-state index contributed by atoms with van der Waals surface area (Å²) >= 11 is 2.05. The predicted molar refractivity (Wildman–Crippen MR) is 90.6 cm³/mol.